The van der Waals surface area contributed by atoms with E-state index in [2.05, 4.69) is 0 Å². The van der Waals surface area contributed by atoms with Crippen LogP contribution in [0.2, 0.25) is 0 Å². The largest absolute Gasteiger partial charge is 0.474 e. The first-order valence-electron chi connectivity index (χ1n) is 4.33. The molecule has 1 amide bonds. The Balaban J connectivity index is 2.61. The first-order valence-corrected chi connectivity index (χ1v) is 4.33. The normalized spacial score (nSPS) is 27.4. The number of aliphatic carboxylic acids is 1. The van der Waals surface area contributed by atoms with Crippen LogP contribution in [0.4, 0.5) is 0 Å². The van der Waals surface area contributed by atoms with Crippen LogP contribution in [0, 0.1) is 0 Å². The molecule has 0 aromatic heterocycles. The topological polar surface area (TPSA) is 87.1 Å². The van der Waals surface area contributed by atoms with Gasteiger partial charge in [0.1, 0.15) is 0 Å². The maximum Gasteiger partial charge on any atom is 0.394 e. The molecule has 0 aromatic rings. The zero-order valence-electron chi connectivity index (χ0n) is 7.84. The number of ether oxygens (including phenoxy) is 1. The molecule has 80 valence electrons. The van der Waals surface area contributed by atoms with Crippen LogP contribution >= 0.6 is 0 Å². The van der Waals surface area contributed by atoms with Gasteiger partial charge in [-0.05, 0) is 6.92 Å². The van der Waals surface area contributed by atoms with E-state index in [0.717, 1.165) is 0 Å². The SMILES string of the molecule is CC1CN(C(=O)C(=O)O)CC(CO)O1. The highest BCUT2D eigenvalue weighted by atomic mass is 16.5. The number of morpholine rings is 1. The van der Waals surface area contributed by atoms with Crippen molar-refractivity contribution in [2.24, 2.45) is 0 Å². The quantitative estimate of drug-likeness (QED) is 0.516. The van der Waals surface area contributed by atoms with Crippen LogP contribution in [0.1, 0.15) is 6.92 Å². The summed E-state index contributed by atoms with van der Waals surface area (Å²) in [6.07, 6.45) is -0.730. The highest BCUT2D eigenvalue weighted by Crippen LogP contribution is 2.10. The summed E-state index contributed by atoms with van der Waals surface area (Å²) in [5.41, 5.74) is 0. The number of nitrogens with zero attached hydrogens (tertiary/aromatic N) is 1. The number of carbonyl (C=O) groups excluding carboxylic acids is 1. The van der Waals surface area contributed by atoms with E-state index < -0.39 is 18.0 Å². The van der Waals surface area contributed by atoms with E-state index in [9.17, 15) is 9.59 Å². The van der Waals surface area contributed by atoms with Crippen molar-refractivity contribution < 1.29 is 24.5 Å². The van der Waals surface area contributed by atoms with Crippen molar-refractivity contribution in [2.45, 2.75) is 19.1 Å². The smallest absolute Gasteiger partial charge is 0.394 e. The third-order valence-corrected chi connectivity index (χ3v) is 2.00. The summed E-state index contributed by atoms with van der Waals surface area (Å²) < 4.78 is 5.26. The Morgan fingerprint density at radius 2 is 2.14 bits per heavy atom. The van der Waals surface area contributed by atoms with Gasteiger partial charge in [-0.25, -0.2) is 4.79 Å². The van der Waals surface area contributed by atoms with Crippen LogP contribution in [-0.4, -0.2) is 58.9 Å². The molecule has 0 aliphatic carbocycles. The predicted molar refractivity (Wildman–Crippen MR) is 45.6 cm³/mol. The fourth-order valence-electron chi connectivity index (χ4n) is 1.45. The molecule has 0 bridgehead atoms. The first kappa shape index (κ1) is 10.9. The van der Waals surface area contributed by atoms with Gasteiger partial charge in [0.15, 0.2) is 0 Å². The summed E-state index contributed by atoms with van der Waals surface area (Å²) in [5, 5.41) is 17.3. The fraction of sp³-hybridized carbons (Fsp3) is 0.750. The van der Waals surface area contributed by atoms with E-state index in [4.69, 9.17) is 14.9 Å². The van der Waals surface area contributed by atoms with Crippen molar-refractivity contribution in [2.75, 3.05) is 19.7 Å². The molecule has 2 N–H and O–H groups in total. The minimum Gasteiger partial charge on any atom is -0.474 e. The molecule has 14 heavy (non-hydrogen) atoms. The van der Waals surface area contributed by atoms with Crippen LogP contribution in [0.15, 0.2) is 0 Å². The summed E-state index contributed by atoms with van der Waals surface area (Å²) in [6, 6.07) is 0. The molecule has 1 saturated heterocycles. The molecule has 1 aliphatic heterocycles. The summed E-state index contributed by atoms with van der Waals surface area (Å²) in [4.78, 5) is 22.7. The third kappa shape index (κ3) is 2.43. The molecule has 0 saturated carbocycles. The minimum atomic E-state index is -1.48. The van der Waals surface area contributed by atoms with Crippen molar-refractivity contribution in [3.63, 3.8) is 0 Å². The number of carboxylic acids is 1. The van der Waals surface area contributed by atoms with Crippen molar-refractivity contribution in [3.8, 4) is 0 Å². The molecule has 0 radical (unpaired) electrons. The van der Waals surface area contributed by atoms with Gasteiger partial charge in [-0.3, -0.25) is 4.79 Å². The second-order valence-corrected chi connectivity index (χ2v) is 3.27. The van der Waals surface area contributed by atoms with Gasteiger partial charge in [0.2, 0.25) is 0 Å². The Kier molecular flexibility index (Phi) is 3.43. The van der Waals surface area contributed by atoms with Gasteiger partial charge in [0.05, 0.1) is 18.8 Å². The van der Waals surface area contributed by atoms with Crippen LogP contribution in [0.5, 0.6) is 0 Å². The molecule has 2 unspecified atom stereocenters. The van der Waals surface area contributed by atoms with E-state index in [0.29, 0.717) is 0 Å². The fourth-order valence-corrected chi connectivity index (χ4v) is 1.45. The second kappa shape index (κ2) is 4.39. The summed E-state index contributed by atoms with van der Waals surface area (Å²) >= 11 is 0. The molecule has 1 fully saturated rings. The number of carbonyl (C=O) groups is 2. The first-order chi connectivity index (χ1) is 6.54. The highest BCUT2D eigenvalue weighted by molar-refractivity contribution is 6.31. The van der Waals surface area contributed by atoms with Gasteiger partial charge in [-0.1, -0.05) is 0 Å². The maximum absolute atomic E-state index is 11.1. The standard InChI is InChI=1S/C8H13NO5/c1-5-2-9(7(11)8(12)13)3-6(4-10)14-5/h5-6,10H,2-4H2,1H3,(H,12,13). The predicted octanol–water partition coefficient (Wildman–Crippen LogP) is -1.32. The lowest BCUT2D eigenvalue weighted by Gasteiger charge is -2.35. The van der Waals surface area contributed by atoms with Gasteiger partial charge in [-0.15, -0.1) is 0 Å². The lowest BCUT2D eigenvalue weighted by Crippen LogP contribution is -2.52. The summed E-state index contributed by atoms with van der Waals surface area (Å²) in [6.45, 7) is 1.89. The highest BCUT2D eigenvalue weighted by Gasteiger charge is 2.30. The minimum absolute atomic E-state index is 0.131. The van der Waals surface area contributed by atoms with E-state index in [-0.39, 0.29) is 25.8 Å². The van der Waals surface area contributed by atoms with Gasteiger partial charge in [0.25, 0.3) is 0 Å². The molecule has 0 spiro atoms. The second-order valence-electron chi connectivity index (χ2n) is 3.27. The van der Waals surface area contributed by atoms with Gasteiger partial charge in [0, 0.05) is 13.1 Å². The Labute approximate surface area is 81.1 Å². The van der Waals surface area contributed by atoms with E-state index in [1.807, 2.05) is 0 Å². The third-order valence-electron chi connectivity index (χ3n) is 2.00. The van der Waals surface area contributed by atoms with Crippen molar-refractivity contribution in [1.29, 1.82) is 0 Å². The van der Waals surface area contributed by atoms with E-state index in [1.165, 1.54) is 4.90 Å². The van der Waals surface area contributed by atoms with Crippen LogP contribution < -0.4 is 0 Å². The Hall–Kier alpha value is -1.14. The lowest BCUT2D eigenvalue weighted by molar-refractivity contribution is -0.163. The zero-order valence-corrected chi connectivity index (χ0v) is 7.84. The zero-order chi connectivity index (χ0) is 10.7. The van der Waals surface area contributed by atoms with E-state index in [1.54, 1.807) is 6.92 Å². The van der Waals surface area contributed by atoms with Gasteiger partial charge < -0.3 is 19.8 Å². The molecular weight excluding hydrogens is 190 g/mol. The van der Waals surface area contributed by atoms with Gasteiger partial charge in [-0.2, -0.15) is 0 Å². The average Bonchev–Trinajstić information content (AvgIpc) is 2.15. The average molecular weight is 203 g/mol. The van der Waals surface area contributed by atoms with E-state index >= 15 is 0 Å². The molecule has 2 atom stereocenters. The Morgan fingerprint density at radius 1 is 1.50 bits per heavy atom. The number of hydrogen-bond donors (Lipinski definition) is 2. The van der Waals surface area contributed by atoms with Crippen molar-refractivity contribution in [3.05, 3.63) is 0 Å². The van der Waals surface area contributed by atoms with Crippen LogP contribution in [0.25, 0.3) is 0 Å². The lowest BCUT2D eigenvalue weighted by atomic mass is 10.2. The number of amides is 1. The Bertz CT molecular complexity index is 242. The number of aliphatic hydroxyl groups excluding tert-OH is 1. The number of hydrogen-bond acceptors (Lipinski definition) is 4. The van der Waals surface area contributed by atoms with Crippen molar-refractivity contribution in [1.82, 2.24) is 4.90 Å². The monoisotopic (exact) mass is 203 g/mol. The molecule has 1 rings (SSSR count). The number of aliphatic hydroxyl groups is 1. The molecule has 1 aliphatic rings. The van der Waals surface area contributed by atoms with Gasteiger partial charge >= 0.3 is 11.9 Å². The maximum atomic E-state index is 11.1. The number of carboxylic acid groups (broad SMARTS) is 1. The molecular formula is C8H13NO5. The van der Waals surface area contributed by atoms with Crippen LogP contribution in [-0.2, 0) is 14.3 Å². The molecule has 0 aromatic carbocycles. The Morgan fingerprint density at radius 3 is 2.64 bits per heavy atom. The summed E-state index contributed by atoms with van der Waals surface area (Å²) in [5.74, 6) is -2.42. The van der Waals surface area contributed by atoms with Crippen molar-refractivity contribution >= 4 is 11.9 Å². The molecule has 6 heteroatoms. The van der Waals surface area contributed by atoms with Crippen LogP contribution in [0.3, 0.4) is 0 Å². The number of rotatable bonds is 1. The summed E-state index contributed by atoms with van der Waals surface area (Å²) in [7, 11) is 0. The molecule has 6 nitrogen and oxygen atoms in total. The molecule has 1 heterocycles.